The van der Waals surface area contributed by atoms with E-state index in [0.29, 0.717) is 0 Å². The van der Waals surface area contributed by atoms with Gasteiger partial charge in [-0.15, -0.1) is 0 Å². The van der Waals surface area contributed by atoms with Gasteiger partial charge in [-0.1, -0.05) is 151 Å². The van der Waals surface area contributed by atoms with Crippen LogP contribution in [-0.2, 0) is 0 Å². The van der Waals surface area contributed by atoms with Gasteiger partial charge in [0.2, 0.25) is 0 Å². The van der Waals surface area contributed by atoms with Crippen molar-refractivity contribution in [2.45, 2.75) is 13.8 Å². The standard InChI is InChI=1S/C36H30/c1-27-23-28(2)25-33(24-27)35(31-19-11-5-12-20-31)36(32-21-13-6-14-22-32)34(30-17-9-4-10-18-30)26-29-15-7-3-8-16-29/h3-26H,1-2H3/b34-26-,36-35-. The van der Waals surface area contributed by atoms with Crippen LogP contribution in [0.3, 0.4) is 0 Å². The van der Waals surface area contributed by atoms with E-state index in [4.69, 9.17) is 0 Å². The Hall–Kier alpha value is -4.42. The molecule has 0 aromatic heterocycles. The summed E-state index contributed by atoms with van der Waals surface area (Å²) in [5, 5.41) is 0. The lowest BCUT2D eigenvalue weighted by Crippen LogP contribution is -2.00. The summed E-state index contributed by atoms with van der Waals surface area (Å²) >= 11 is 0. The Labute approximate surface area is 214 Å². The van der Waals surface area contributed by atoms with Crippen molar-refractivity contribution >= 4 is 22.8 Å². The summed E-state index contributed by atoms with van der Waals surface area (Å²) in [6.07, 6.45) is 2.32. The van der Waals surface area contributed by atoms with E-state index in [0.717, 1.165) is 0 Å². The van der Waals surface area contributed by atoms with Gasteiger partial charge >= 0.3 is 0 Å². The van der Waals surface area contributed by atoms with Crippen molar-refractivity contribution in [2.75, 3.05) is 0 Å². The largest absolute Gasteiger partial charge is 0.0622 e. The van der Waals surface area contributed by atoms with Crippen molar-refractivity contribution in [1.29, 1.82) is 0 Å². The van der Waals surface area contributed by atoms with E-state index >= 15 is 0 Å². The second-order valence-electron chi connectivity index (χ2n) is 9.19. The van der Waals surface area contributed by atoms with Gasteiger partial charge in [0.25, 0.3) is 0 Å². The fourth-order valence-electron chi connectivity index (χ4n) is 4.85. The zero-order chi connectivity index (χ0) is 24.7. The van der Waals surface area contributed by atoms with E-state index in [1.165, 1.54) is 55.7 Å². The smallest absolute Gasteiger partial charge is 0.00206 e. The van der Waals surface area contributed by atoms with Gasteiger partial charge < -0.3 is 0 Å². The van der Waals surface area contributed by atoms with Gasteiger partial charge in [-0.3, -0.25) is 0 Å². The fourth-order valence-corrected chi connectivity index (χ4v) is 4.85. The Morgan fingerprint density at radius 3 is 1.42 bits per heavy atom. The lowest BCUT2D eigenvalue weighted by molar-refractivity contribution is 1.36. The van der Waals surface area contributed by atoms with Gasteiger partial charge in [0.15, 0.2) is 0 Å². The molecule has 0 atom stereocenters. The third kappa shape index (κ3) is 5.29. The van der Waals surface area contributed by atoms with Crippen LogP contribution in [-0.4, -0.2) is 0 Å². The lowest BCUT2D eigenvalue weighted by Gasteiger charge is -2.21. The molecule has 0 nitrogen and oxygen atoms in total. The van der Waals surface area contributed by atoms with Crippen LogP contribution in [0.15, 0.2) is 140 Å². The maximum atomic E-state index is 2.32. The molecule has 5 rings (SSSR count). The predicted octanol–water partition coefficient (Wildman–Crippen LogP) is 9.50. The van der Waals surface area contributed by atoms with Crippen LogP contribution in [0, 0.1) is 13.8 Å². The number of hydrogen-bond acceptors (Lipinski definition) is 0. The molecule has 0 fully saturated rings. The van der Waals surface area contributed by atoms with Crippen molar-refractivity contribution in [1.82, 2.24) is 0 Å². The highest BCUT2D eigenvalue weighted by Gasteiger charge is 2.19. The average Bonchev–Trinajstić information content (AvgIpc) is 2.92. The minimum atomic E-state index is 1.18. The number of allylic oxidation sites excluding steroid dienone is 2. The molecule has 0 N–H and O–H groups in total. The molecule has 0 aliphatic heterocycles. The van der Waals surface area contributed by atoms with Crippen LogP contribution in [0.25, 0.3) is 22.8 Å². The molecule has 0 radical (unpaired) electrons. The first-order valence-corrected chi connectivity index (χ1v) is 12.5. The van der Waals surface area contributed by atoms with Crippen LogP contribution in [0.1, 0.15) is 38.9 Å². The van der Waals surface area contributed by atoms with E-state index in [-0.39, 0.29) is 0 Å². The van der Waals surface area contributed by atoms with Gasteiger partial charge in [0, 0.05) is 0 Å². The van der Waals surface area contributed by atoms with E-state index in [2.05, 4.69) is 159 Å². The molecule has 36 heavy (non-hydrogen) atoms. The van der Waals surface area contributed by atoms with Crippen LogP contribution in [0.2, 0.25) is 0 Å². The highest BCUT2D eigenvalue weighted by Crippen LogP contribution is 2.42. The van der Waals surface area contributed by atoms with Crippen molar-refractivity contribution in [3.8, 4) is 0 Å². The third-order valence-corrected chi connectivity index (χ3v) is 6.35. The number of hydrogen-bond donors (Lipinski definition) is 0. The fraction of sp³-hybridized carbons (Fsp3) is 0.0556. The summed E-state index contributed by atoms with van der Waals surface area (Å²) in [6, 6.07) is 49.8. The second kappa shape index (κ2) is 10.9. The maximum absolute atomic E-state index is 2.32. The molecule has 5 aromatic carbocycles. The van der Waals surface area contributed by atoms with Crippen molar-refractivity contribution in [2.24, 2.45) is 0 Å². The van der Waals surface area contributed by atoms with Gasteiger partial charge in [0.1, 0.15) is 0 Å². The van der Waals surface area contributed by atoms with Gasteiger partial charge in [-0.05, 0) is 64.5 Å². The second-order valence-corrected chi connectivity index (χ2v) is 9.19. The van der Waals surface area contributed by atoms with Gasteiger partial charge in [-0.2, -0.15) is 0 Å². The molecule has 0 unspecified atom stereocenters. The zero-order valence-corrected chi connectivity index (χ0v) is 20.9. The van der Waals surface area contributed by atoms with Crippen molar-refractivity contribution in [3.63, 3.8) is 0 Å². The predicted molar refractivity (Wildman–Crippen MR) is 155 cm³/mol. The summed E-state index contributed by atoms with van der Waals surface area (Å²) in [4.78, 5) is 0. The van der Waals surface area contributed by atoms with Crippen molar-refractivity contribution < 1.29 is 0 Å². The van der Waals surface area contributed by atoms with E-state index in [1.54, 1.807) is 0 Å². The lowest BCUT2D eigenvalue weighted by atomic mass is 9.82. The maximum Gasteiger partial charge on any atom is -0.00206 e. The Bertz CT molecular complexity index is 1470. The number of benzene rings is 5. The Morgan fingerprint density at radius 1 is 0.444 bits per heavy atom. The first-order chi connectivity index (χ1) is 17.7. The van der Waals surface area contributed by atoms with Crippen LogP contribution in [0.5, 0.6) is 0 Å². The molecular formula is C36H30. The molecule has 0 bridgehead atoms. The van der Waals surface area contributed by atoms with Crippen molar-refractivity contribution in [3.05, 3.63) is 178 Å². The monoisotopic (exact) mass is 462 g/mol. The first-order valence-electron chi connectivity index (χ1n) is 12.5. The zero-order valence-electron chi connectivity index (χ0n) is 20.9. The van der Waals surface area contributed by atoms with E-state index in [9.17, 15) is 0 Å². The normalized spacial score (nSPS) is 12.2. The van der Waals surface area contributed by atoms with Crippen LogP contribution < -0.4 is 0 Å². The summed E-state index contributed by atoms with van der Waals surface area (Å²) < 4.78 is 0. The Balaban J connectivity index is 1.94. The molecular weight excluding hydrogens is 432 g/mol. The summed E-state index contributed by atoms with van der Waals surface area (Å²) in [5.74, 6) is 0. The molecule has 0 aliphatic carbocycles. The molecule has 0 aliphatic rings. The topological polar surface area (TPSA) is 0 Å². The Kier molecular flexibility index (Phi) is 7.05. The molecule has 0 saturated carbocycles. The molecule has 0 saturated heterocycles. The molecule has 0 amide bonds. The Morgan fingerprint density at radius 2 is 0.889 bits per heavy atom. The molecule has 0 spiro atoms. The molecule has 174 valence electrons. The average molecular weight is 463 g/mol. The first kappa shape index (κ1) is 23.3. The summed E-state index contributed by atoms with van der Waals surface area (Å²) in [6.45, 7) is 4.36. The third-order valence-electron chi connectivity index (χ3n) is 6.35. The van der Waals surface area contributed by atoms with Gasteiger partial charge in [-0.25, -0.2) is 0 Å². The highest BCUT2D eigenvalue weighted by atomic mass is 14.2. The van der Waals surface area contributed by atoms with E-state index in [1.807, 2.05) is 0 Å². The van der Waals surface area contributed by atoms with Gasteiger partial charge in [0.05, 0.1) is 0 Å². The summed E-state index contributed by atoms with van der Waals surface area (Å²) in [5.41, 5.74) is 12.2. The molecule has 0 heterocycles. The molecule has 5 aromatic rings. The van der Waals surface area contributed by atoms with E-state index < -0.39 is 0 Å². The van der Waals surface area contributed by atoms with Crippen LogP contribution in [0.4, 0.5) is 0 Å². The number of rotatable bonds is 6. The minimum absolute atomic E-state index is 1.18. The molecule has 0 heteroatoms. The minimum Gasteiger partial charge on any atom is -0.0622 e. The summed E-state index contributed by atoms with van der Waals surface area (Å²) in [7, 11) is 0. The quantitative estimate of drug-likeness (QED) is 0.174. The number of aryl methyl sites for hydroxylation is 2. The van der Waals surface area contributed by atoms with Crippen LogP contribution >= 0.6 is 0 Å². The highest BCUT2D eigenvalue weighted by molar-refractivity contribution is 6.21. The SMILES string of the molecule is Cc1cc(C)cc(/C(=C(\C(=C/c2ccccc2)c2ccccc2)c2ccccc2)c2ccccc2)c1.